The lowest BCUT2D eigenvalue weighted by atomic mass is 9.75. The summed E-state index contributed by atoms with van der Waals surface area (Å²) < 4.78 is 12.5. The fraction of sp³-hybridized carbons (Fsp3) is 0.407. The van der Waals surface area contributed by atoms with Gasteiger partial charge in [0.1, 0.15) is 12.2 Å². The van der Waals surface area contributed by atoms with E-state index in [4.69, 9.17) is 9.47 Å². The second-order valence-corrected chi connectivity index (χ2v) is 19.5. The monoisotopic (exact) mass is 860 g/mol. The van der Waals surface area contributed by atoms with E-state index in [0.717, 1.165) is 60.3 Å². The summed E-state index contributed by atoms with van der Waals surface area (Å²) in [6.07, 6.45) is 9.20. The molecule has 10 rings (SSSR count). The molecule has 0 unspecified atom stereocenters. The lowest BCUT2D eigenvalue weighted by Gasteiger charge is -2.38. The Kier molecular flexibility index (Phi) is 11.5. The van der Waals surface area contributed by atoms with E-state index in [1.807, 2.05) is 84.9 Å². The fourth-order valence-corrected chi connectivity index (χ4v) is 11.1. The van der Waals surface area contributed by atoms with Gasteiger partial charge >= 0.3 is 11.9 Å². The van der Waals surface area contributed by atoms with Crippen LogP contribution in [0.25, 0.3) is 21.8 Å². The number of ether oxygens (including phenoxy) is 2. The minimum absolute atomic E-state index is 0.188. The van der Waals surface area contributed by atoms with Crippen molar-refractivity contribution in [2.24, 2.45) is 35.5 Å². The third kappa shape index (κ3) is 7.28. The molecule has 64 heavy (non-hydrogen) atoms. The molecule has 0 bridgehead atoms. The summed E-state index contributed by atoms with van der Waals surface area (Å²) >= 11 is 0. The van der Waals surface area contributed by atoms with Gasteiger partial charge in [-0.25, -0.2) is 9.59 Å². The van der Waals surface area contributed by atoms with Crippen LogP contribution < -0.4 is 10.6 Å². The number of Topliss-reactive ketones (excluding diaryl/α,β-unsaturated/α-hetero) is 2. The van der Waals surface area contributed by atoms with Crippen molar-refractivity contribution in [1.29, 1.82) is 0 Å². The van der Waals surface area contributed by atoms with Gasteiger partial charge in [0, 0.05) is 67.8 Å². The van der Waals surface area contributed by atoms with E-state index in [-0.39, 0.29) is 23.8 Å². The molecule has 0 spiro atoms. The highest BCUT2D eigenvalue weighted by atomic mass is 16.6. The summed E-state index contributed by atoms with van der Waals surface area (Å²) in [5.74, 6) is 0.889. The Bertz CT molecular complexity index is 2550. The largest absolute Gasteiger partial charge is 0.460 e. The van der Waals surface area contributed by atoms with Crippen LogP contribution in [0.2, 0.25) is 0 Å². The molecule has 2 aliphatic carbocycles. The number of fused-ring (bicyclic) bond motifs is 4. The minimum Gasteiger partial charge on any atom is -0.460 e. The maximum atomic E-state index is 14.0. The highest BCUT2D eigenvalue weighted by Gasteiger charge is 2.58. The molecule has 2 aromatic heterocycles. The van der Waals surface area contributed by atoms with Crippen molar-refractivity contribution in [2.75, 3.05) is 10.6 Å². The number of rotatable bonds is 8. The average molecular weight is 861 g/mol. The van der Waals surface area contributed by atoms with Crippen LogP contribution in [-0.2, 0) is 30.1 Å². The molecule has 6 aromatic rings. The lowest BCUT2D eigenvalue weighted by molar-refractivity contribution is -0.160. The summed E-state index contributed by atoms with van der Waals surface area (Å²) in [6, 6.07) is 30.1. The minimum atomic E-state index is -1.59. The second kappa shape index (κ2) is 17.1. The molecule has 0 radical (unpaired) electrons. The standard InChI is InChI=1S/2C27H30N2O3/c2*1-16(2)18-13-12-17(3)14-24(18)32-26(31)27(21-15-28-22-10-6-4-8-19(21)22)25(30)20-9-5-7-11-23(20)29-27/h2*4-11,15-18,24,28-29H,12-14H2,1-3H3/t17-,18+,24-,27+;17-,18+,24-,27-/m11/s1. The molecule has 2 fully saturated rings. The van der Waals surface area contributed by atoms with Crippen molar-refractivity contribution in [1.82, 2.24) is 9.97 Å². The number of hydrogen-bond acceptors (Lipinski definition) is 8. The van der Waals surface area contributed by atoms with E-state index in [0.29, 0.717) is 69.1 Å². The smallest absolute Gasteiger partial charge is 0.345 e. The Balaban J connectivity index is 0.000000162. The number of ketones is 2. The van der Waals surface area contributed by atoms with Gasteiger partial charge in [-0.2, -0.15) is 0 Å². The van der Waals surface area contributed by atoms with Crippen molar-refractivity contribution in [2.45, 2.75) is 103 Å². The van der Waals surface area contributed by atoms with Crippen LogP contribution in [0.5, 0.6) is 0 Å². The summed E-state index contributed by atoms with van der Waals surface area (Å²) in [5, 5.41) is 8.27. The van der Waals surface area contributed by atoms with Crippen LogP contribution in [0.15, 0.2) is 109 Å². The fourth-order valence-electron chi connectivity index (χ4n) is 11.1. The topological polar surface area (TPSA) is 142 Å². The molecule has 0 amide bonds. The predicted molar refractivity (Wildman–Crippen MR) is 251 cm³/mol. The van der Waals surface area contributed by atoms with Crippen LogP contribution in [0.4, 0.5) is 11.4 Å². The van der Waals surface area contributed by atoms with E-state index in [1.54, 1.807) is 24.5 Å². The number of carbonyl (C=O) groups is 4. The van der Waals surface area contributed by atoms with E-state index < -0.39 is 23.0 Å². The van der Waals surface area contributed by atoms with Gasteiger partial charge in [0.05, 0.1) is 0 Å². The predicted octanol–water partition coefficient (Wildman–Crippen LogP) is 11.4. The van der Waals surface area contributed by atoms with Crippen LogP contribution in [0.3, 0.4) is 0 Å². The summed E-state index contributed by atoms with van der Waals surface area (Å²) in [4.78, 5) is 62.2. The zero-order valence-corrected chi connectivity index (χ0v) is 37.7. The molecule has 4 N–H and O–H groups in total. The zero-order valence-electron chi connectivity index (χ0n) is 37.7. The average Bonchev–Trinajstić information content (AvgIpc) is 4.06. The Morgan fingerprint density at radius 2 is 0.922 bits per heavy atom. The van der Waals surface area contributed by atoms with Crippen molar-refractivity contribution < 1.29 is 28.7 Å². The molecule has 10 nitrogen and oxygen atoms in total. The Morgan fingerprint density at radius 1 is 0.547 bits per heavy atom. The highest BCUT2D eigenvalue weighted by Crippen LogP contribution is 2.46. The van der Waals surface area contributed by atoms with Gasteiger partial charge in [0.2, 0.25) is 22.6 Å². The van der Waals surface area contributed by atoms with E-state index in [1.165, 1.54) is 0 Å². The SMILES string of the molecule is CC(C)[C@@H]1CC[C@@H](C)C[C@H]1OC(=O)[C@@]1(c2c[nH]c3ccccc23)Nc2ccccc2C1=O.CC(C)[C@@H]1CC[C@@H](C)C[C@H]1OC(=O)[C@]1(c2c[nH]c3ccccc23)Nc2ccccc2C1=O. The molecule has 10 heteroatoms. The normalized spacial score (nSPS) is 27.4. The number of H-pyrrole nitrogens is 2. The van der Waals surface area contributed by atoms with Crippen molar-refractivity contribution in [3.8, 4) is 0 Å². The van der Waals surface area contributed by atoms with Crippen molar-refractivity contribution in [3.05, 3.63) is 132 Å². The number of aromatic amines is 2. The molecule has 2 aliphatic heterocycles. The van der Waals surface area contributed by atoms with Crippen LogP contribution in [0, 0.1) is 35.5 Å². The number of para-hydroxylation sites is 4. The molecule has 4 aliphatic rings. The number of carbonyl (C=O) groups excluding carboxylic acids is 4. The first-order chi connectivity index (χ1) is 30.8. The van der Waals surface area contributed by atoms with Gasteiger partial charge in [-0.05, 0) is 97.6 Å². The van der Waals surface area contributed by atoms with Crippen molar-refractivity contribution in [3.63, 3.8) is 0 Å². The van der Waals surface area contributed by atoms with Crippen LogP contribution >= 0.6 is 0 Å². The van der Waals surface area contributed by atoms with Crippen LogP contribution in [-0.4, -0.2) is 45.7 Å². The lowest BCUT2D eigenvalue weighted by Crippen LogP contribution is -2.50. The molecule has 4 heterocycles. The van der Waals surface area contributed by atoms with Crippen molar-refractivity contribution >= 4 is 56.7 Å². The number of anilines is 2. The van der Waals surface area contributed by atoms with Gasteiger partial charge in [-0.3, -0.25) is 9.59 Å². The third-order valence-corrected chi connectivity index (χ3v) is 14.7. The third-order valence-electron chi connectivity index (χ3n) is 14.7. The van der Waals surface area contributed by atoms with E-state index in [9.17, 15) is 19.2 Å². The molecular formula is C54H60N4O6. The molecule has 8 atom stereocenters. The maximum Gasteiger partial charge on any atom is 0.345 e. The molecule has 0 saturated heterocycles. The van der Waals surface area contributed by atoms with E-state index >= 15 is 0 Å². The quantitative estimate of drug-likeness (QED) is 0.0875. The first-order valence-electron chi connectivity index (χ1n) is 23.2. The van der Waals surface area contributed by atoms with Gasteiger partial charge in [0.25, 0.3) is 0 Å². The Morgan fingerprint density at radius 3 is 1.31 bits per heavy atom. The molecule has 4 aromatic carbocycles. The first-order valence-corrected chi connectivity index (χ1v) is 23.2. The molecule has 2 saturated carbocycles. The summed E-state index contributed by atoms with van der Waals surface area (Å²) in [6.45, 7) is 13.2. The zero-order chi connectivity index (χ0) is 44.9. The number of hydrogen-bond donors (Lipinski definition) is 4. The number of nitrogens with one attached hydrogen (secondary N) is 4. The Labute approximate surface area is 375 Å². The molecular weight excluding hydrogens is 801 g/mol. The second-order valence-electron chi connectivity index (χ2n) is 19.5. The van der Waals surface area contributed by atoms with E-state index in [2.05, 4.69) is 62.1 Å². The highest BCUT2D eigenvalue weighted by molar-refractivity contribution is 6.27. The summed E-state index contributed by atoms with van der Waals surface area (Å²) in [7, 11) is 0. The number of benzene rings is 4. The van der Waals surface area contributed by atoms with Gasteiger partial charge in [0.15, 0.2) is 0 Å². The molecule has 332 valence electrons. The number of esters is 2. The van der Waals surface area contributed by atoms with Gasteiger partial charge < -0.3 is 30.1 Å². The van der Waals surface area contributed by atoms with Crippen LogP contribution in [0.1, 0.15) is 112 Å². The number of aromatic nitrogens is 2. The Hall–Kier alpha value is -6.16. The van der Waals surface area contributed by atoms with Gasteiger partial charge in [-0.1, -0.05) is 115 Å². The maximum absolute atomic E-state index is 14.0. The summed E-state index contributed by atoms with van der Waals surface area (Å²) in [5.41, 5.74) is 2.18. The van der Waals surface area contributed by atoms with Gasteiger partial charge in [-0.15, -0.1) is 0 Å². The first kappa shape index (κ1) is 43.1.